The van der Waals surface area contributed by atoms with Gasteiger partial charge in [-0.25, -0.2) is 4.79 Å². The number of furan rings is 1. The minimum atomic E-state index is -5.08. The zero-order chi connectivity index (χ0) is 17.9. The zero-order valence-electron chi connectivity index (χ0n) is 12.8. The summed E-state index contributed by atoms with van der Waals surface area (Å²) in [6.45, 7) is 3.12. The second kappa shape index (κ2) is 7.22. The van der Waals surface area contributed by atoms with Crippen LogP contribution in [-0.4, -0.2) is 78.4 Å². The normalized spacial score (nSPS) is 24.1. The molecule has 0 aromatic carbocycles. The predicted molar refractivity (Wildman–Crippen MR) is 74.5 cm³/mol. The van der Waals surface area contributed by atoms with E-state index >= 15 is 0 Å². The van der Waals surface area contributed by atoms with Crippen molar-refractivity contribution in [2.24, 2.45) is 0 Å². The fraction of sp³-hybridized carbons (Fsp3) is 0.571. The Kier molecular flexibility index (Phi) is 5.50. The minimum Gasteiger partial charge on any atom is -0.475 e. The number of carboxylic acids is 1. The molecule has 1 aromatic heterocycles. The molecule has 2 saturated heterocycles. The molecule has 0 radical (unpaired) electrons. The van der Waals surface area contributed by atoms with Crippen molar-refractivity contribution in [3.8, 4) is 0 Å². The molecule has 2 atom stereocenters. The minimum absolute atomic E-state index is 0.0325. The second-order valence-corrected chi connectivity index (χ2v) is 5.48. The molecule has 3 heterocycles. The number of alkyl halides is 3. The Morgan fingerprint density at radius 1 is 1.33 bits per heavy atom. The lowest BCUT2D eigenvalue weighted by Crippen LogP contribution is -2.48. The quantitative estimate of drug-likeness (QED) is 0.816. The number of hydrogen-bond acceptors (Lipinski definition) is 5. The van der Waals surface area contributed by atoms with Crippen LogP contribution in [0.15, 0.2) is 23.0 Å². The first-order chi connectivity index (χ1) is 11.2. The highest BCUT2D eigenvalue weighted by Crippen LogP contribution is 2.23. The number of fused-ring (bicyclic) bond motifs is 1. The third-order valence-electron chi connectivity index (χ3n) is 3.88. The number of amides is 1. The number of carboxylic acid groups (broad SMARTS) is 1. The number of aliphatic carboxylic acids is 1. The molecule has 7 nitrogen and oxygen atoms in total. The van der Waals surface area contributed by atoms with Crippen molar-refractivity contribution in [1.82, 2.24) is 9.80 Å². The van der Waals surface area contributed by atoms with E-state index < -0.39 is 12.1 Å². The average molecular weight is 350 g/mol. The fourth-order valence-electron chi connectivity index (χ4n) is 2.59. The Balaban J connectivity index is 0.000000256. The highest BCUT2D eigenvalue weighted by atomic mass is 19.4. The van der Waals surface area contributed by atoms with Gasteiger partial charge in [-0.15, -0.1) is 0 Å². The SMILES string of the molecule is CN1CCO[C@H]2CN(C(=O)c3ccoc3)C[C@H]21.O=C(O)C(F)(F)F. The highest BCUT2D eigenvalue weighted by Gasteiger charge is 2.40. The molecule has 2 aliphatic heterocycles. The van der Waals surface area contributed by atoms with Crippen LogP contribution in [0.3, 0.4) is 0 Å². The van der Waals surface area contributed by atoms with Gasteiger partial charge in [0, 0.05) is 19.6 Å². The van der Waals surface area contributed by atoms with Crippen molar-refractivity contribution in [2.75, 3.05) is 33.3 Å². The Morgan fingerprint density at radius 2 is 2.00 bits per heavy atom. The monoisotopic (exact) mass is 350 g/mol. The van der Waals surface area contributed by atoms with Gasteiger partial charge in [-0.1, -0.05) is 0 Å². The van der Waals surface area contributed by atoms with Gasteiger partial charge in [0.2, 0.25) is 0 Å². The van der Waals surface area contributed by atoms with E-state index in [1.165, 1.54) is 12.5 Å². The van der Waals surface area contributed by atoms with Crippen molar-refractivity contribution in [2.45, 2.75) is 18.3 Å². The summed E-state index contributed by atoms with van der Waals surface area (Å²) in [5.41, 5.74) is 0.617. The summed E-state index contributed by atoms with van der Waals surface area (Å²) in [5, 5.41) is 7.12. The molecule has 10 heteroatoms. The van der Waals surface area contributed by atoms with Crippen LogP contribution in [0, 0.1) is 0 Å². The lowest BCUT2D eigenvalue weighted by atomic mass is 10.1. The number of likely N-dealkylation sites (tertiary alicyclic amines) is 1. The number of nitrogens with zero attached hydrogens (tertiary/aromatic N) is 2. The largest absolute Gasteiger partial charge is 0.490 e. The predicted octanol–water partition coefficient (Wildman–Crippen LogP) is 1.07. The molecule has 0 aliphatic carbocycles. The molecular formula is C14H17F3N2O5. The van der Waals surface area contributed by atoms with Crippen LogP contribution in [0.25, 0.3) is 0 Å². The summed E-state index contributed by atoms with van der Waals surface area (Å²) in [7, 11) is 2.09. The van der Waals surface area contributed by atoms with E-state index in [1.807, 2.05) is 4.90 Å². The van der Waals surface area contributed by atoms with E-state index in [9.17, 15) is 18.0 Å². The van der Waals surface area contributed by atoms with Crippen molar-refractivity contribution < 1.29 is 37.0 Å². The molecule has 0 saturated carbocycles. The van der Waals surface area contributed by atoms with E-state index in [4.69, 9.17) is 19.1 Å². The van der Waals surface area contributed by atoms with E-state index in [1.54, 1.807) is 6.07 Å². The van der Waals surface area contributed by atoms with Gasteiger partial charge in [0.1, 0.15) is 6.26 Å². The molecule has 0 bridgehead atoms. The summed E-state index contributed by atoms with van der Waals surface area (Å²) in [4.78, 5) is 25.2. The van der Waals surface area contributed by atoms with Crippen LogP contribution >= 0.6 is 0 Å². The number of likely N-dealkylation sites (N-methyl/N-ethyl adjacent to an activating group) is 1. The van der Waals surface area contributed by atoms with E-state index in [0.29, 0.717) is 18.2 Å². The maximum Gasteiger partial charge on any atom is 0.490 e. The van der Waals surface area contributed by atoms with Gasteiger partial charge in [-0.05, 0) is 13.1 Å². The number of carbonyl (C=O) groups excluding carboxylic acids is 1. The fourth-order valence-corrected chi connectivity index (χ4v) is 2.59. The smallest absolute Gasteiger partial charge is 0.475 e. The number of hydrogen-bond donors (Lipinski definition) is 1. The summed E-state index contributed by atoms with van der Waals surface area (Å²) in [6, 6.07) is 2.04. The van der Waals surface area contributed by atoms with E-state index in [-0.39, 0.29) is 12.0 Å². The number of morpholine rings is 1. The lowest BCUT2D eigenvalue weighted by molar-refractivity contribution is -0.192. The van der Waals surface area contributed by atoms with Gasteiger partial charge >= 0.3 is 12.1 Å². The third-order valence-corrected chi connectivity index (χ3v) is 3.88. The molecule has 1 amide bonds. The highest BCUT2D eigenvalue weighted by molar-refractivity contribution is 5.94. The maximum atomic E-state index is 12.1. The van der Waals surface area contributed by atoms with Crippen LogP contribution < -0.4 is 0 Å². The standard InChI is InChI=1S/C12H16N2O3.C2HF3O2/c1-13-3-5-17-11-7-14(6-10(11)13)12(15)9-2-4-16-8-9;3-2(4,5)1(6)7/h2,4,8,10-11H,3,5-7H2,1H3;(H,6,7)/t10-,11+;/m1./s1. The average Bonchev–Trinajstić information content (AvgIpc) is 3.16. The molecule has 3 rings (SSSR count). The lowest BCUT2D eigenvalue weighted by Gasteiger charge is -2.33. The number of carbonyl (C=O) groups is 2. The molecular weight excluding hydrogens is 333 g/mol. The van der Waals surface area contributed by atoms with Crippen LogP contribution in [-0.2, 0) is 9.53 Å². The van der Waals surface area contributed by atoms with Crippen molar-refractivity contribution >= 4 is 11.9 Å². The molecule has 2 aliphatic rings. The molecule has 0 unspecified atom stereocenters. The van der Waals surface area contributed by atoms with Crippen molar-refractivity contribution in [3.63, 3.8) is 0 Å². The Morgan fingerprint density at radius 3 is 2.50 bits per heavy atom. The summed E-state index contributed by atoms with van der Waals surface area (Å²) < 4.78 is 42.4. The van der Waals surface area contributed by atoms with Gasteiger partial charge in [0.15, 0.2) is 0 Å². The molecule has 0 spiro atoms. The second-order valence-electron chi connectivity index (χ2n) is 5.48. The van der Waals surface area contributed by atoms with Gasteiger partial charge in [0.05, 0.1) is 30.6 Å². The van der Waals surface area contributed by atoms with Crippen molar-refractivity contribution in [3.05, 3.63) is 24.2 Å². The first-order valence-corrected chi connectivity index (χ1v) is 7.13. The Bertz CT molecular complexity index is 575. The first-order valence-electron chi connectivity index (χ1n) is 7.13. The van der Waals surface area contributed by atoms with Crippen LogP contribution in [0.5, 0.6) is 0 Å². The van der Waals surface area contributed by atoms with Crippen LogP contribution in [0.4, 0.5) is 13.2 Å². The van der Waals surface area contributed by atoms with E-state index in [2.05, 4.69) is 11.9 Å². The number of ether oxygens (including phenoxy) is 1. The van der Waals surface area contributed by atoms with Gasteiger partial charge in [-0.2, -0.15) is 13.2 Å². The Labute approximate surface area is 135 Å². The van der Waals surface area contributed by atoms with E-state index in [0.717, 1.165) is 19.7 Å². The number of rotatable bonds is 1. The Hall–Kier alpha value is -2.07. The van der Waals surface area contributed by atoms with Gasteiger partial charge in [-0.3, -0.25) is 9.69 Å². The molecule has 1 N–H and O–H groups in total. The van der Waals surface area contributed by atoms with Crippen LogP contribution in [0.2, 0.25) is 0 Å². The molecule has 134 valence electrons. The maximum absolute atomic E-state index is 12.1. The summed E-state index contributed by atoms with van der Waals surface area (Å²) in [5.74, 6) is -2.72. The summed E-state index contributed by atoms with van der Waals surface area (Å²) in [6.07, 6.45) is -1.90. The molecule has 2 fully saturated rings. The number of halogens is 3. The van der Waals surface area contributed by atoms with Crippen LogP contribution in [0.1, 0.15) is 10.4 Å². The zero-order valence-corrected chi connectivity index (χ0v) is 12.8. The van der Waals surface area contributed by atoms with Gasteiger partial charge < -0.3 is 19.2 Å². The first kappa shape index (κ1) is 18.3. The summed E-state index contributed by atoms with van der Waals surface area (Å²) >= 11 is 0. The van der Waals surface area contributed by atoms with Gasteiger partial charge in [0.25, 0.3) is 5.91 Å². The van der Waals surface area contributed by atoms with Crippen molar-refractivity contribution in [1.29, 1.82) is 0 Å². The topological polar surface area (TPSA) is 83.2 Å². The molecule has 1 aromatic rings. The molecule has 24 heavy (non-hydrogen) atoms. The third kappa shape index (κ3) is 4.26.